The smallest absolute Gasteiger partial charge is 0.230 e. The maximum Gasteiger partial charge on any atom is 0.230 e. The van der Waals surface area contributed by atoms with Crippen molar-refractivity contribution in [3.63, 3.8) is 0 Å². The summed E-state index contributed by atoms with van der Waals surface area (Å²) in [4.78, 5) is 25.6. The van der Waals surface area contributed by atoms with Crippen LogP contribution >= 0.6 is 11.6 Å². The highest BCUT2D eigenvalue weighted by Crippen LogP contribution is 2.32. The number of benzene rings is 3. The molecule has 1 heterocycles. The Bertz CT molecular complexity index is 1260. The normalized spacial score (nSPS) is 10.9. The Labute approximate surface area is 177 Å². The molecule has 30 heavy (non-hydrogen) atoms. The van der Waals surface area contributed by atoms with Crippen LogP contribution in [-0.2, 0) is 0 Å². The Morgan fingerprint density at radius 3 is 2.43 bits per heavy atom. The summed E-state index contributed by atoms with van der Waals surface area (Å²) in [6.07, 6.45) is 0. The first kappa shape index (κ1) is 19.9. The van der Waals surface area contributed by atoms with E-state index in [1.807, 2.05) is 6.07 Å². The number of rotatable bonds is 6. The molecule has 4 rings (SSSR count). The summed E-state index contributed by atoms with van der Waals surface area (Å²) in [5.74, 6) is -0.974. The summed E-state index contributed by atoms with van der Waals surface area (Å²) < 4.78 is 19.6. The van der Waals surface area contributed by atoms with E-state index < -0.39 is 5.82 Å². The average Bonchev–Trinajstić information content (AvgIpc) is 3.12. The lowest BCUT2D eigenvalue weighted by molar-refractivity contribution is 0.0997. The summed E-state index contributed by atoms with van der Waals surface area (Å²) in [6, 6.07) is 18.0. The molecular formula is C24H17ClFNO3. The molecule has 0 bridgehead atoms. The van der Waals surface area contributed by atoms with Crippen LogP contribution in [0.25, 0.3) is 11.0 Å². The number of fused-ring (bicyclic) bond motifs is 1. The van der Waals surface area contributed by atoms with E-state index in [2.05, 4.69) is 5.32 Å². The molecule has 0 amide bonds. The maximum absolute atomic E-state index is 13.8. The minimum atomic E-state index is -0.437. The average molecular weight is 422 g/mol. The van der Waals surface area contributed by atoms with Crippen LogP contribution in [0.2, 0.25) is 5.02 Å². The van der Waals surface area contributed by atoms with E-state index in [1.54, 1.807) is 61.5 Å². The predicted molar refractivity (Wildman–Crippen MR) is 115 cm³/mol. The fourth-order valence-corrected chi connectivity index (χ4v) is 3.28. The minimum Gasteiger partial charge on any atom is -0.450 e. The van der Waals surface area contributed by atoms with Gasteiger partial charge in [0.15, 0.2) is 11.5 Å². The fourth-order valence-electron chi connectivity index (χ4n) is 3.15. The molecule has 0 radical (unpaired) electrons. The van der Waals surface area contributed by atoms with Crippen molar-refractivity contribution in [1.82, 2.24) is 0 Å². The monoisotopic (exact) mass is 421 g/mol. The van der Waals surface area contributed by atoms with Crippen LogP contribution in [0.1, 0.15) is 32.0 Å². The van der Waals surface area contributed by atoms with Gasteiger partial charge in [0.2, 0.25) is 5.78 Å². The zero-order valence-electron chi connectivity index (χ0n) is 16.0. The van der Waals surface area contributed by atoms with Gasteiger partial charge in [0.1, 0.15) is 11.4 Å². The Balaban J connectivity index is 1.66. The number of hydrogen-bond acceptors (Lipinski definition) is 4. The molecule has 0 saturated carbocycles. The second-order valence-corrected chi connectivity index (χ2v) is 7.32. The van der Waals surface area contributed by atoms with Crippen molar-refractivity contribution in [1.29, 1.82) is 0 Å². The first-order valence-corrected chi connectivity index (χ1v) is 9.67. The van der Waals surface area contributed by atoms with E-state index in [1.165, 1.54) is 6.07 Å². The molecule has 3 aromatic carbocycles. The number of aryl methyl sites for hydroxylation is 1. The number of halogens is 2. The van der Waals surface area contributed by atoms with Gasteiger partial charge in [0.05, 0.1) is 12.2 Å². The van der Waals surface area contributed by atoms with Gasteiger partial charge in [0.25, 0.3) is 0 Å². The molecule has 0 aliphatic heterocycles. The van der Waals surface area contributed by atoms with Gasteiger partial charge >= 0.3 is 0 Å². The molecule has 4 nitrogen and oxygen atoms in total. The third-order valence-electron chi connectivity index (χ3n) is 4.83. The Kier molecular flexibility index (Phi) is 5.38. The van der Waals surface area contributed by atoms with E-state index in [0.29, 0.717) is 32.8 Å². The number of nitrogens with one attached hydrogen (secondary N) is 1. The summed E-state index contributed by atoms with van der Waals surface area (Å²) in [5, 5.41) is 4.22. The van der Waals surface area contributed by atoms with Gasteiger partial charge in [-0.2, -0.15) is 0 Å². The van der Waals surface area contributed by atoms with Gasteiger partial charge in [-0.1, -0.05) is 35.9 Å². The van der Waals surface area contributed by atoms with Gasteiger partial charge in [-0.25, -0.2) is 4.39 Å². The highest BCUT2D eigenvalue weighted by atomic mass is 35.5. The largest absolute Gasteiger partial charge is 0.450 e. The molecule has 4 aromatic rings. The van der Waals surface area contributed by atoms with Crippen molar-refractivity contribution < 1.29 is 18.4 Å². The molecule has 1 N–H and O–H groups in total. The van der Waals surface area contributed by atoms with E-state index in [9.17, 15) is 14.0 Å². The van der Waals surface area contributed by atoms with Crippen LogP contribution in [0.3, 0.4) is 0 Å². The zero-order valence-corrected chi connectivity index (χ0v) is 16.8. The molecule has 0 spiro atoms. The van der Waals surface area contributed by atoms with Gasteiger partial charge in [0, 0.05) is 21.5 Å². The molecule has 0 aliphatic rings. The fraction of sp³-hybridized carbons (Fsp3) is 0.0833. The van der Waals surface area contributed by atoms with E-state index in [4.69, 9.17) is 16.0 Å². The van der Waals surface area contributed by atoms with E-state index in [0.717, 1.165) is 0 Å². The second-order valence-electron chi connectivity index (χ2n) is 6.88. The molecule has 6 heteroatoms. The first-order chi connectivity index (χ1) is 14.4. The van der Waals surface area contributed by atoms with E-state index >= 15 is 0 Å². The highest BCUT2D eigenvalue weighted by molar-refractivity contribution is 6.30. The molecule has 0 aliphatic carbocycles. The summed E-state index contributed by atoms with van der Waals surface area (Å²) in [6.45, 7) is 1.51. The summed E-state index contributed by atoms with van der Waals surface area (Å²) in [7, 11) is 0. The summed E-state index contributed by atoms with van der Waals surface area (Å²) in [5.41, 5.74) is 2.08. The molecule has 0 saturated heterocycles. The Morgan fingerprint density at radius 2 is 1.70 bits per heavy atom. The van der Waals surface area contributed by atoms with Crippen molar-refractivity contribution in [3.05, 3.63) is 100 Å². The Morgan fingerprint density at radius 1 is 1.00 bits per heavy atom. The van der Waals surface area contributed by atoms with Crippen LogP contribution in [0.15, 0.2) is 71.1 Å². The number of furan rings is 1. The van der Waals surface area contributed by atoms with Crippen LogP contribution in [0, 0.1) is 12.7 Å². The van der Waals surface area contributed by atoms with Gasteiger partial charge in [-0.05, 0) is 55.0 Å². The lowest BCUT2D eigenvalue weighted by Gasteiger charge is -2.08. The standard InChI is InChI=1S/C24H17ClFNO3/c1-14-6-7-16(12-19(14)26)20(28)13-27-22-18-4-2-3-5-21(18)30-24(22)23(29)15-8-10-17(25)11-9-15/h2-12,27H,13H2,1H3. The molecule has 1 aromatic heterocycles. The number of para-hydroxylation sites is 1. The molecule has 150 valence electrons. The van der Waals surface area contributed by atoms with Crippen LogP contribution in [0.5, 0.6) is 0 Å². The van der Waals surface area contributed by atoms with Gasteiger partial charge < -0.3 is 9.73 Å². The SMILES string of the molecule is Cc1ccc(C(=O)CNc2c(C(=O)c3ccc(Cl)cc3)oc3ccccc23)cc1F. The molecular weight excluding hydrogens is 405 g/mol. The number of hydrogen-bond donors (Lipinski definition) is 1. The van der Waals surface area contributed by atoms with Crippen molar-refractivity contribution >= 4 is 39.8 Å². The summed E-state index contributed by atoms with van der Waals surface area (Å²) >= 11 is 5.91. The zero-order chi connectivity index (χ0) is 21.3. The number of ketones is 2. The predicted octanol–water partition coefficient (Wildman–Crippen LogP) is 6.06. The van der Waals surface area contributed by atoms with Crippen LogP contribution < -0.4 is 5.32 Å². The van der Waals surface area contributed by atoms with Gasteiger partial charge in [-0.15, -0.1) is 0 Å². The number of anilines is 1. The molecule has 0 fully saturated rings. The van der Waals surface area contributed by atoms with Crippen molar-refractivity contribution in [2.24, 2.45) is 0 Å². The van der Waals surface area contributed by atoms with E-state index in [-0.39, 0.29) is 29.4 Å². The lowest BCUT2D eigenvalue weighted by atomic mass is 10.1. The van der Waals surface area contributed by atoms with Crippen molar-refractivity contribution in [3.8, 4) is 0 Å². The van der Waals surface area contributed by atoms with Crippen LogP contribution in [0.4, 0.5) is 10.1 Å². The Hall–Kier alpha value is -3.44. The third-order valence-corrected chi connectivity index (χ3v) is 5.08. The minimum absolute atomic E-state index is 0.0985. The highest BCUT2D eigenvalue weighted by Gasteiger charge is 2.22. The van der Waals surface area contributed by atoms with Crippen molar-refractivity contribution in [2.75, 3.05) is 11.9 Å². The maximum atomic E-state index is 13.8. The second kappa shape index (κ2) is 8.13. The van der Waals surface area contributed by atoms with Crippen molar-refractivity contribution in [2.45, 2.75) is 6.92 Å². The number of Topliss-reactive ketones (excluding diaryl/α,β-unsaturated/α-hetero) is 1. The number of carbonyl (C=O) groups excluding carboxylic acids is 2. The quantitative estimate of drug-likeness (QED) is 0.384. The lowest BCUT2D eigenvalue weighted by Crippen LogP contribution is -2.16. The number of carbonyl (C=O) groups is 2. The first-order valence-electron chi connectivity index (χ1n) is 9.29. The van der Waals surface area contributed by atoms with Crippen LogP contribution in [-0.4, -0.2) is 18.1 Å². The third kappa shape index (κ3) is 3.84. The molecule has 0 atom stereocenters. The topological polar surface area (TPSA) is 59.3 Å². The van der Waals surface area contributed by atoms with Gasteiger partial charge in [-0.3, -0.25) is 9.59 Å². The molecule has 0 unspecified atom stereocenters.